The number of hydrogen-bond donors (Lipinski definition) is 5. The number of aliphatic hydroxyl groups is 2. The van der Waals surface area contributed by atoms with Gasteiger partial charge in [0.15, 0.2) is 0 Å². The number of guanidine groups is 1. The number of nitrogens with one attached hydrogen (secondary N) is 2. The van der Waals surface area contributed by atoms with Crippen molar-refractivity contribution in [3.8, 4) is 0 Å². The third-order valence-electron chi connectivity index (χ3n) is 6.03. The molecular weight excluding hydrogens is 424 g/mol. The van der Waals surface area contributed by atoms with Crippen LogP contribution in [0.3, 0.4) is 0 Å². The lowest BCUT2D eigenvalue weighted by Gasteiger charge is -2.31. The van der Waals surface area contributed by atoms with Gasteiger partial charge in [-0.3, -0.25) is 9.19 Å². The average molecular weight is 453 g/mol. The van der Waals surface area contributed by atoms with E-state index in [1.807, 2.05) is 19.1 Å². The molecule has 0 unspecified atom stereocenters. The molecular formula is C19H28N6O5S. The molecule has 1 aromatic carbocycles. The van der Waals surface area contributed by atoms with Crippen LogP contribution in [0.4, 0.5) is 0 Å². The number of amidine groups is 1. The third-order valence-corrected chi connectivity index (χ3v) is 6.49. The summed E-state index contributed by atoms with van der Waals surface area (Å²) in [5.74, 6) is 0.648. The molecule has 170 valence electrons. The van der Waals surface area contributed by atoms with Crippen molar-refractivity contribution >= 4 is 22.1 Å². The lowest BCUT2D eigenvalue weighted by atomic mass is 10.1. The van der Waals surface area contributed by atoms with E-state index in [2.05, 4.69) is 37.0 Å². The van der Waals surface area contributed by atoms with Crippen molar-refractivity contribution in [2.75, 3.05) is 13.3 Å². The normalized spacial score (nSPS) is 30.7. The second kappa shape index (κ2) is 8.81. The van der Waals surface area contributed by atoms with Crippen LogP contribution in [0.25, 0.3) is 0 Å². The number of rotatable bonds is 6. The van der Waals surface area contributed by atoms with Gasteiger partial charge in [0, 0.05) is 5.92 Å². The van der Waals surface area contributed by atoms with Crippen molar-refractivity contribution in [2.45, 2.75) is 50.5 Å². The first kappa shape index (κ1) is 22.1. The van der Waals surface area contributed by atoms with Crippen molar-refractivity contribution in [1.29, 1.82) is 0 Å². The van der Waals surface area contributed by atoms with E-state index < -0.39 is 34.5 Å². The number of benzene rings is 1. The quantitative estimate of drug-likeness (QED) is 0.373. The van der Waals surface area contributed by atoms with Crippen LogP contribution in [-0.4, -0.2) is 67.0 Å². The van der Waals surface area contributed by atoms with E-state index in [1.54, 1.807) is 5.01 Å². The SMILES string of the molecule is CC1=NC(N[C@H]2CCc3ccccc32)=NCN1N[C@@H]1C[C@H](COS(N)(=O)=O)[C@@H](O)[C@H]1O. The van der Waals surface area contributed by atoms with Gasteiger partial charge in [0.1, 0.15) is 12.5 Å². The van der Waals surface area contributed by atoms with E-state index >= 15 is 0 Å². The van der Waals surface area contributed by atoms with Gasteiger partial charge in [-0.1, -0.05) is 24.3 Å². The molecule has 31 heavy (non-hydrogen) atoms. The zero-order chi connectivity index (χ0) is 22.2. The number of hydrogen-bond acceptors (Lipinski definition) is 10. The van der Waals surface area contributed by atoms with Crippen molar-refractivity contribution in [1.82, 2.24) is 15.8 Å². The molecule has 1 saturated carbocycles. The predicted molar refractivity (Wildman–Crippen MR) is 114 cm³/mol. The number of hydrazine groups is 1. The highest BCUT2D eigenvalue weighted by molar-refractivity contribution is 7.84. The van der Waals surface area contributed by atoms with Crippen molar-refractivity contribution < 1.29 is 22.8 Å². The standard InChI is InChI=1S/C19H28N6O5S/c1-11-22-19(23-15-7-6-12-4-2-3-5-14(12)15)21-10-25(11)24-16-8-13(17(26)18(16)27)9-30-31(20,28)29/h2-5,13,15-18,24,26-27H,6-10H2,1H3,(H,21,23)(H2,20,28,29)/t13-,15+,16-,17-,18+/m1/s1. The van der Waals surface area contributed by atoms with Crippen molar-refractivity contribution in [3.05, 3.63) is 35.4 Å². The van der Waals surface area contributed by atoms with Gasteiger partial charge in [0.25, 0.3) is 0 Å². The summed E-state index contributed by atoms with van der Waals surface area (Å²) in [5.41, 5.74) is 5.74. The Morgan fingerprint density at radius 1 is 1.29 bits per heavy atom. The second-order valence-electron chi connectivity index (χ2n) is 8.13. The molecule has 4 rings (SSSR count). The molecule has 1 heterocycles. The Morgan fingerprint density at radius 3 is 2.81 bits per heavy atom. The fourth-order valence-electron chi connectivity index (χ4n) is 4.36. The number of aryl methyl sites for hydroxylation is 1. The Bertz CT molecular complexity index is 984. The Morgan fingerprint density at radius 2 is 2.06 bits per heavy atom. The summed E-state index contributed by atoms with van der Waals surface area (Å²) in [7, 11) is -4.11. The van der Waals surface area contributed by atoms with Crippen LogP contribution in [0.1, 0.15) is 36.9 Å². The summed E-state index contributed by atoms with van der Waals surface area (Å²) in [5, 5.41) is 30.5. The summed E-state index contributed by atoms with van der Waals surface area (Å²) in [6, 6.07) is 8.01. The van der Waals surface area contributed by atoms with Gasteiger partial charge in [-0.2, -0.15) is 13.4 Å². The highest BCUT2D eigenvalue weighted by Crippen LogP contribution is 2.31. The molecule has 1 fully saturated rings. The van der Waals surface area contributed by atoms with Gasteiger partial charge in [-0.05, 0) is 37.3 Å². The van der Waals surface area contributed by atoms with Gasteiger partial charge in [-0.15, -0.1) is 0 Å². The first-order valence-electron chi connectivity index (χ1n) is 10.2. The first-order chi connectivity index (χ1) is 14.7. The number of aliphatic hydroxyl groups excluding tert-OH is 2. The van der Waals surface area contributed by atoms with Gasteiger partial charge < -0.3 is 15.5 Å². The van der Waals surface area contributed by atoms with E-state index in [0.29, 0.717) is 18.2 Å². The summed E-state index contributed by atoms with van der Waals surface area (Å²) < 4.78 is 26.6. The molecule has 0 saturated heterocycles. The van der Waals surface area contributed by atoms with Crippen LogP contribution in [0.15, 0.2) is 34.3 Å². The highest BCUT2D eigenvalue weighted by atomic mass is 32.2. The van der Waals surface area contributed by atoms with E-state index in [0.717, 1.165) is 12.8 Å². The van der Waals surface area contributed by atoms with Crippen LogP contribution in [0.2, 0.25) is 0 Å². The van der Waals surface area contributed by atoms with E-state index in [1.165, 1.54) is 11.1 Å². The fraction of sp³-hybridized carbons (Fsp3) is 0.579. The molecule has 5 atom stereocenters. The number of fused-ring (bicyclic) bond motifs is 1. The van der Waals surface area contributed by atoms with E-state index in [9.17, 15) is 18.6 Å². The lowest BCUT2D eigenvalue weighted by Crippen LogP contribution is -2.53. The Hall–Kier alpha value is -2.09. The molecule has 12 heteroatoms. The van der Waals surface area contributed by atoms with Crippen LogP contribution in [-0.2, 0) is 20.9 Å². The maximum Gasteiger partial charge on any atom is 0.333 e. The molecule has 0 bridgehead atoms. The maximum atomic E-state index is 11.0. The largest absolute Gasteiger partial charge is 0.390 e. The zero-order valence-electron chi connectivity index (χ0n) is 17.2. The molecule has 11 nitrogen and oxygen atoms in total. The summed E-state index contributed by atoms with van der Waals surface area (Å²) in [6.07, 6.45) is 0.0819. The molecule has 2 aliphatic carbocycles. The van der Waals surface area contributed by atoms with Gasteiger partial charge in [0.05, 0.1) is 30.9 Å². The average Bonchev–Trinajstić information content (AvgIpc) is 3.24. The van der Waals surface area contributed by atoms with Crippen LogP contribution >= 0.6 is 0 Å². The maximum absolute atomic E-state index is 11.0. The van der Waals surface area contributed by atoms with Crippen molar-refractivity contribution in [2.24, 2.45) is 21.0 Å². The molecule has 0 amide bonds. The summed E-state index contributed by atoms with van der Waals surface area (Å²) in [6.45, 7) is 1.81. The topological polar surface area (TPSA) is 162 Å². The Balaban J connectivity index is 1.33. The number of aliphatic imine (C=N–C) groups is 2. The Labute approximate surface area is 181 Å². The molecule has 1 aromatic rings. The second-order valence-corrected chi connectivity index (χ2v) is 9.36. The molecule has 3 aliphatic rings. The zero-order valence-corrected chi connectivity index (χ0v) is 18.0. The minimum Gasteiger partial charge on any atom is -0.390 e. The van der Waals surface area contributed by atoms with E-state index in [-0.39, 0.29) is 19.3 Å². The Kier molecular flexibility index (Phi) is 6.28. The van der Waals surface area contributed by atoms with Crippen molar-refractivity contribution in [3.63, 3.8) is 0 Å². The number of nitrogens with two attached hydrogens (primary N) is 1. The molecule has 0 aromatic heterocycles. The third kappa shape index (κ3) is 5.05. The monoisotopic (exact) mass is 452 g/mol. The summed E-state index contributed by atoms with van der Waals surface area (Å²) >= 11 is 0. The molecule has 0 spiro atoms. The molecule has 6 N–H and O–H groups in total. The predicted octanol–water partition coefficient (Wildman–Crippen LogP) is -0.854. The van der Waals surface area contributed by atoms with E-state index in [4.69, 9.17) is 5.14 Å². The van der Waals surface area contributed by atoms with Gasteiger partial charge in [-0.25, -0.2) is 15.6 Å². The smallest absolute Gasteiger partial charge is 0.333 e. The van der Waals surface area contributed by atoms with Gasteiger partial charge in [0.2, 0.25) is 5.96 Å². The molecule has 1 aliphatic heterocycles. The molecule has 0 radical (unpaired) electrons. The van der Waals surface area contributed by atoms with Crippen LogP contribution in [0.5, 0.6) is 0 Å². The minimum absolute atomic E-state index is 0.178. The lowest BCUT2D eigenvalue weighted by molar-refractivity contribution is -0.00292. The number of nitrogens with zero attached hydrogens (tertiary/aromatic N) is 3. The fourth-order valence-corrected chi connectivity index (χ4v) is 4.73. The van der Waals surface area contributed by atoms with Crippen LogP contribution < -0.4 is 15.9 Å². The first-order valence-corrected chi connectivity index (χ1v) is 11.7. The van der Waals surface area contributed by atoms with Crippen LogP contribution in [0, 0.1) is 5.92 Å². The highest BCUT2D eigenvalue weighted by Gasteiger charge is 2.43. The minimum atomic E-state index is -4.11. The summed E-state index contributed by atoms with van der Waals surface area (Å²) in [4.78, 5) is 9.02. The van der Waals surface area contributed by atoms with Gasteiger partial charge >= 0.3 is 10.3 Å².